The number of hydrazine groups is 1. The molecule has 2 atom stereocenters. The molecule has 0 saturated heterocycles. The zero-order chi connectivity index (χ0) is 12.4. The van der Waals surface area contributed by atoms with Crippen LogP contribution in [0.4, 0.5) is 4.39 Å². The Labute approximate surface area is 109 Å². The Morgan fingerprint density at radius 3 is 2.76 bits per heavy atom. The molecule has 1 fully saturated rings. The predicted molar refractivity (Wildman–Crippen MR) is 67.7 cm³/mol. The van der Waals surface area contributed by atoms with Crippen LogP contribution in [-0.2, 0) is 4.74 Å². The highest BCUT2D eigenvalue weighted by atomic mass is 79.9. The Balaban J connectivity index is 2.30. The van der Waals surface area contributed by atoms with Gasteiger partial charge in [0, 0.05) is 12.7 Å². The molecule has 1 saturated carbocycles. The summed E-state index contributed by atoms with van der Waals surface area (Å²) in [5.41, 5.74) is 3.22. The number of nitrogens with one attached hydrogen (secondary N) is 1. The van der Waals surface area contributed by atoms with Gasteiger partial charge in [0.25, 0.3) is 0 Å². The van der Waals surface area contributed by atoms with E-state index in [0.29, 0.717) is 16.0 Å². The van der Waals surface area contributed by atoms with Crippen molar-refractivity contribution in [1.29, 1.82) is 0 Å². The van der Waals surface area contributed by atoms with Crippen molar-refractivity contribution in [2.45, 2.75) is 25.0 Å². The van der Waals surface area contributed by atoms with E-state index in [2.05, 4.69) is 21.4 Å². The fourth-order valence-electron chi connectivity index (χ4n) is 2.15. The molecule has 94 valence electrons. The van der Waals surface area contributed by atoms with E-state index in [1.54, 1.807) is 25.3 Å². The van der Waals surface area contributed by atoms with Gasteiger partial charge in [0.15, 0.2) is 0 Å². The standard InChI is InChI=1S/C12H16BrFN2O/c1-17-12(7-5-6-7)11(16-15)8-3-2-4-9(13)10(8)14/h2-4,7,11-12,16H,5-6,15H2,1H3. The van der Waals surface area contributed by atoms with Crippen LogP contribution in [-0.4, -0.2) is 13.2 Å². The summed E-state index contributed by atoms with van der Waals surface area (Å²) in [5, 5.41) is 0. The van der Waals surface area contributed by atoms with E-state index in [1.807, 2.05) is 0 Å². The molecular formula is C12H16BrFN2O. The summed E-state index contributed by atoms with van der Waals surface area (Å²) in [6, 6.07) is 4.89. The third kappa shape index (κ3) is 2.68. The highest BCUT2D eigenvalue weighted by Crippen LogP contribution is 2.40. The van der Waals surface area contributed by atoms with Gasteiger partial charge in [-0.1, -0.05) is 12.1 Å². The molecule has 0 bridgehead atoms. The molecule has 2 unspecified atom stereocenters. The van der Waals surface area contributed by atoms with Crippen LogP contribution in [0.25, 0.3) is 0 Å². The smallest absolute Gasteiger partial charge is 0.142 e. The van der Waals surface area contributed by atoms with Crippen LogP contribution in [0.1, 0.15) is 24.4 Å². The van der Waals surface area contributed by atoms with E-state index in [-0.39, 0.29) is 18.0 Å². The molecule has 5 heteroatoms. The minimum absolute atomic E-state index is 0.0798. The summed E-state index contributed by atoms with van der Waals surface area (Å²) < 4.78 is 19.9. The van der Waals surface area contributed by atoms with Crippen LogP contribution in [0.5, 0.6) is 0 Å². The maximum absolute atomic E-state index is 14.0. The summed E-state index contributed by atoms with van der Waals surface area (Å²) in [6.45, 7) is 0. The molecule has 1 aliphatic rings. The molecule has 2 rings (SSSR count). The zero-order valence-corrected chi connectivity index (χ0v) is 11.2. The lowest BCUT2D eigenvalue weighted by molar-refractivity contribution is 0.0495. The number of rotatable bonds is 5. The van der Waals surface area contributed by atoms with Crippen LogP contribution in [0.2, 0.25) is 0 Å². The van der Waals surface area contributed by atoms with Crippen molar-refractivity contribution in [2.75, 3.05) is 7.11 Å². The number of nitrogens with two attached hydrogens (primary N) is 1. The molecule has 0 amide bonds. The average Bonchev–Trinajstić information content (AvgIpc) is 3.14. The lowest BCUT2D eigenvalue weighted by Crippen LogP contribution is -2.39. The first-order valence-electron chi connectivity index (χ1n) is 5.62. The van der Waals surface area contributed by atoms with E-state index in [4.69, 9.17) is 10.6 Å². The third-order valence-corrected chi connectivity index (χ3v) is 3.80. The number of hydrogen-bond acceptors (Lipinski definition) is 3. The molecule has 0 aromatic heterocycles. The number of ether oxygens (including phenoxy) is 1. The van der Waals surface area contributed by atoms with Crippen LogP contribution in [0.15, 0.2) is 22.7 Å². The van der Waals surface area contributed by atoms with Crippen LogP contribution >= 0.6 is 15.9 Å². The molecule has 3 N–H and O–H groups in total. The minimum atomic E-state index is -0.315. The summed E-state index contributed by atoms with van der Waals surface area (Å²) in [4.78, 5) is 0. The largest absolute Gasteiger partial charge is 0.379 e. The first-order chi connectivity index (χ1) is 8.19. The van der Waals surface area contributed by atoms with Crippen molar-refractivity contribution in [3.63, 3.8) is 0 Å². The Hall–Kier alpha value is -0.490. The van der Waals surface area contributed by atoms with Gasteiger partial charge in [-0.25, -0.2) is 4.39 Å². The Kier molecular flexibility index (Phi) is 4.14. The summed E-state index contributed by atoms with van der Waals surface area (Å²) in [6.07, 6.45) is 2.15. The van der Waals surface area contributed by atoms with E-state index in [0.717, 1.165) is 12.8 Å². The monoisotopic (exact) mass is 302 g/mol. The summed E-state index contributed by atoms with van der Waals surface area (Å²) in [7, 11) is 1.64. The predicted octanol–water partition coefficient (Wildman–Crippen LogP) is 2.52. The molecule has 17 heavy (non-hydrogen) atoms. The lowest BCUT2D eigenvalue weighted by Gasteiger charge is -2.26. The maximum atomic E-state index is 14.0. The second-order valence-electron chi connectivity index (χ2n) is 4.33. The summed E-state index contributed by atoms with van der Waals surface area (Å²) in [5.74, 6) is 5.75. The van der Waals surface area contributed by atoms with Gasteiger partial charge in [-0.05, 0) is 40.8 Å². The molecule has 0 spiro atoms. The van der Waals surface area contributed by atoms with Gasteiger partial charge in [-0.15, -0.1) is 0 Å². The Bertz CT molecular complexity index is 398. The molecule has 0 radical (unpaired) electrons. The van der Waals surface area contributed by atoms with E-state index in [9.17, 15) is 4.39 Å². The Morgan fingerprint density at radius 1 is 1.53 bits per heavy atom. The molecule has 1 aromatic rings. The van der Waals surface area contributed by atoms with Crippen molar-refractivity contribution < 1.29 is 9.13 Å². The number of benzene rings is 1. The fraction of sp³-hybridized carbons (Fsp3) is 0.500. The molecule has 0 heterocycles. The average molecular weight is 303 g/mol. The molecule has 1 aromatic carbocycles. The van der Waals surface area contributed by atoms with Gasteiger partial charge in [0.1, 0.15) is 5.82 Å². The van der Waals surface area contributed by atoms with E-state index < -0.39 is 0 Å². The molecule has 1 aliphatic carbocycles. The zero-order valence-electron chi connectivity index (χ0n) is 9.62. The van der Waals surface area contributed by atoms with E-state index >= 15 is 0 Å². The fourth-order valence-corrected chi connectivity index (χ4v) is 2.53. The number of halogens is 2. The van der Waals surface area contributed by atoms with Gasteiger partial charge >= 0.3 is 0 Å². The molecule has 3 nitrogen and oxygen atoms in total. The van der Waals surface area contributed by atoms with Crippen molar-refractivity contribution in [3.05, 3.63) is 34.1 Å². The SMILES string of the molecule is COC(C1CC1)C(NN)c1cccc(Br)c1F. The third-order valence-electron chi connectivity index (χ3n) is 3.18. The van der Waals surface area contributed by atoms with Gasteiger partial charge in [-0.3, -0.25) is 11.3 Å². The van der Waals surface area contributed by atoms with Crippen molar-refractivity contribution in [1.82, 2.24) is 5.43 Å². The van der Waals surface area contributed by atoms with Crippen LogP contribution in [0.3, 0.4) is 0 Å². The van der Waals surface area contributed by atoms with Crippen LogP contribution in [0, 0.1) is 11.7 Å². The number of methoxy groups -OCH3 is 1. The lowest BCUT2D eigenvalue weighted by atomic mass is 9.98. The second-order valence-corrected chi connectivity index (χ2v) is 5.18. The van der Waals surface area contributed by atoms with Crippen LogP contribution < -0.4 is 11.3 Å². The normalized spacial score (nSPS) is 19.1. The van der Waals surface area contributed by atoms with Crippen molar-refractivity contribution in [2.24, 2.45) is 11.8 Å². The Morgan fingerprint density at radius 2 is 2.24 bits per heavy atom. The second kappa shape index (κ2) is 5.44. The maximum Gasteiger partial charge on any atom is 0.142 e. The summed E-state index contributed by atoms with van der Waals surface area (Å²) >= 11 is 3.18. The van der Waals surface area contributed by atoms with Gasteiger partial charge in [-0.2, -0.15) is 0 Å². The van der Waals surface area contributed by atoms with Gasteiger partial charge in [0.2, 0.25) is 0 Å². The van der Waals surface area contributed by atoms with Crippen molar-refractivity contribution >= 4 is 15.9 Å². The highest BCUT2D eigenvalue weighted by molar-refractivity contribution is 9.10. The topological polar surface area (TPSA) is 47.3 Å². The van der Waals surface area contributed by atoms with Crippen molar-refractivity contribution in [3.8, 4) is 0 Å². The van der Waals surface area contributed by atoms with E-state index in [1.165, 1.54) is 0 Å². The van der Waals surface area contributed by atoms with Gasteiger partial charge < -0.3 is 4.74 Å². The number of hydrogen-bond donors (Lipinski definition) is 2. The first-order valence-corrected chi connectivity index (χ1v) is 6.41. The molecular weight excluding hydrogens is 287 g/mol. The highest BCUT2D eigenvalue weighted by Gasteiger charge is 2.38. The van der Waals surface area contributed by atoms with Gasteiger partial charge in [0.05, 0.1) is 16.6 Å². The first kappa shape index (κ1) is 13.0. The quantitative estimate of drug-likeness (QED) is 0.649. The molecule has 0 aliphatic heterocycles. The minimum Gasteiger partial charge on any atom is -0.379 e.